The Morgan fingerprint density at radius 2 is 1.86 bits per heavy atom. The average Bonchev–Trinajstić information content (AvgIpc) is 2.74. The van der Waals surface area contributed by atoms with Crippen LogP contribution in [0.5, 0.6) is 0 Å². The Morgan fingerprint density at radius 1 is 1.21 bits per heavy atom. The van der Waals surface area contributed by atoms with Crippen molar-refractivity contribution in [1.29, 1.82) is 0 Å². The zero-order valence-corrected chi connectivity index (χ0v) is 8.46. The summed E-state index contributed by atoms with van der Waals surface area (Å²) in [5.74, 6) is 0.627. The first-order valence-electron chi connectivity index (χ1n) is 5.09. The molecule has 0 radical (unpaired) electrons. The van der Waals surface area contributed by atoms with Crippen molar-refractivity contribution in [2.45, 2.75) is 6.04 Å². The van der Waals surface area contributed by atoms with Crippen molar-refractivity contribution in [2.75, 3.05) is 20.1 Å². The molecule has 3 nitrogen and oxygen atoms in total. The predicted molar refractivity (Wildman–Crippen MR) is 57.7 cm³/mol. The van der Waals surface area contributed by atoms with Crippen LogP contribution in [0.25, 0.3) is 0 Å². The lowest BCUT2D eigenvalue weighted by Gasteiger charge is -2.22. The summed E-state index contributed by atoms with van der Waals surface area (Å²) >= 11 is 0. The van der Waals surface area contributed by atoms with Gasteiger partial charge in [-0.1, -0.05) is 30.3 Å². The van der Waals surface area contributed by atoms with Gasteiger partial charge in [0, 0.05) is 25.0 Å². The number of hydrazine groups is 1. The molecule has 0 saturated carbocycles. The Labute approximate surface area is 84.9 Å². The number of nitrogens with one attached hydrogen (secondary N) is 3. The summed E-state index contributed by atoms with van der Waals surface area (Å²) in [7, 11) is 2.02. The second kappa shape index (κ2) is 4.55. The summed E-state index contributed by atoms with van der Waals surface area (Å²) in [4.78, 5) is 0. The second-order valence-electron chi connectivity index (χ2n) is 3.70. The van der Waals surface area contributed by atoms with Crippen LogP contribution in [0, 0.1) is 5.92 Å². The van der Waals surface area contributed by atoms with E-state index in [1.165, 1.54) is 5.56 Å². The fourth-order valence-electron chi connectivity index (χ4n) is 2.05. The van der Waals surface area contributed by atoms with Gasteiger partial charge in [0.15, 0.2) is 0 Å². The number of benzene rings is 1. The zero-order chi connectivity index (χ0) is 9.80. The Kier molecular flexibility index (Phi) is 3.14. The van der Waals surface area contributed by atoms with Gasteiger partial charge < -0.3 is 5.32 Å². The molecule has 1 fully saturated rings. The first-order chi connectivity index (χ1) is 6.92. The van der Waals surface area contributed by atoms with Crippen molar-refractivity contribution >= 4 is 0 Å². The summed E-state index contributed by atoms with van der Waals surface area (Å²) in [6, 6.07) is 11.0. The number of hydrogen-bond donors (Lipinski definition) is 3. The lowest BCUT2D eigenvalue weighted by atomic mass is 9.94. The van der Waals surface area contributed by atoms with Gasteiger partial charge in [-0.05, 0) is 12.6 Å². The van der Waals surface area contributed by atoms with Gasteiger partial charge in [0.25, 0.3) is 0 Å². The molecule has 0 amide bonds. The van der Waals surface area contributed by atoms with E-state index in [9.17, 15) is 0 Å². The number of hydrogen-bond acceptors (Lipinski definition) is 3. The lowest BCUT2D eigenvalue weighted by Crippen LogP contribution is -2.28. The largest absolute Gasteiger partial charge is 0.313 e. The molecule has 0 bridgehead atoms. The van der Waals surface area contributed by atoms with Crippen LogP contribution in [0.1, 0.15) is 11.6 Å². The fraction of sp³-hybridized carbons (Fsp3) is 0.455. The van der Waals surface area contributed by atoms with Crippen molar-refractivity contribution in [2.24, 2.45) is 5.92 Å². The molecule has 0 spiro atoms. The summed E-state index contributed by atoms with van der Waals surface area (Å²) in [6.45, 7) is 2.06. The molecule has 3 heteroatoms. The summed E-state index contributed by atoms with van der Waals surface area (Å²) < 4.78 is 0. The van der Waals surface area contributed by atoms with Gasteiger partial charge in [0.1, 0.15) is 0 Å². The summed E-state index contributed by atoms with van der Waals surface area (Å²) in [5.41, 5.74) is 7.70. The van der Waals surface area contributed by atoms with Crippen molar-refractivity contribution in [1.82, 2.24) is 16.2 Å². The highest BCUT2D eigenvalue weighted by atomic mass is 15.4. The highest BCUT2D eigenvalue weighted by Crippen LogP contribution is 2.21. The van der Waals surface area contributed by atoms with Gasteiger partial charge in [-0.15, -0.1) is 0 Å². The van der Waals surface area contributed by atoms with Crippen LogP contribution in [-0.2, 0) is 0 Å². The molecule has 2 rings (SSSR count). The van der Waals surface area contributed by atoms with E-state index in [1.54, 1.807) is 0 Å². The third-order valence-corrected chi connectivity index (χ3v) is 2.79. The summed E-state index contributed by atoms with van der Waals surface area (Å²) in [6.07, 6.45) is 0. The summed E-state index contributed by atoms with van der Waals surface area (Å²) in [5, 5.41) is 3.38. The first-order valence-corrected chi connectivity index (χ1v) is 5.09. The molecule has 1 unspecified atom stereocenters. The van der Waals surface area contributed by atoms with E-state index in [-0.39, 0.29) is 0 Å². The van der Waals surface area contributed by atoms with E-state index in [0.717, 1.165) is 13.1 Å². The third kappa shape index (κ3) is 1.95. The molecule has 76 valence electrons. The van der Waals surface area contributed by atoms with E-state index in [1.807, 2.05) is 7.05 Å². The molecule has 3 N–H and O–H groups in total. The van der Waals surface area contributed by atoms with Crippen molar-refractivity contribution < 1.29 is 0 Å². The normalized spacial score (nSPS) is 19.8. The standard InChI is InChI=1S/C11H17N3/c1-12-11(10-7-13-14-8-10)9-5-3-2-4-6-9/h2-6,10-14H,7-8H2,1H3. The highest BCUT2D eigenvalue weighted by Gasteiger charge is 2.24. The molecule has 1 aromatic carbocycles. The maximum absolute atomic E-state index is 3.38. The van der Waals surface area contributed by atoms with Gasteiger partial charge in [-0.25, -0.2) is 0 Å². The highest BCUT2D eigenvalue weighted by molar-refractivity contribution is 5.20. The molecule has 0 aliphatic carbocycles. The Morgan fingerprint density at radius 3 is 2.43 bits per heavy atom. The molecule has 1 atom stereocenters. The van der Waals surface area contributed by atoms with Gasteiger partial charge >= 0.3 is 0 Å². The maximum Gasteiger partial charge on any atom is 0.0371 e. The molecule has 14 heavy (non-hydrogen) atoms. The molecular weight excluding hydrogens is 174 g/mol. The SMILES string of the molecule is CNC(c1ccccc1)C1CNNC1. The van der Waals surface area contributed by atoms with Crippen LogP contribution in [-0.4, -0.2) is 20.1 Å². The van der Waals surface area contributed by atoms with Crippen LogP contribution < -0.4 is 16.2 Å². The maximum atomic E-state index is 3.38. The van der Waals surface area contributed by atoms with Crippen molar-refractivity contribution in [3.63, 3.8) is 0 Å². The Balaban J connectivity index is 2.12. The van der Waals surface area contributed by atoms with Crippen LogP contribution in [0.4, 0.5) is 0 Å². The van der Waals surface area contributed by atoms with E-state index in [4.69, 9.17) is 0 Å². The first kappa shape index (κ1) is 9.65. The van der Waals surface area contributed by atoms with E-state index in [0.29, 0.717) is 12.0 Å². The lowest BCUT2D eigenvalue weighted by molar-refractivity contribution is 0.426. The molecule has 1 heterocycles. The van der Waals surface area contributed by atoms with Gasteiger partial charge in [0.2, 0.25) is 0 Å². The monoisotopic (exact) mass is 191 g/mol. The van der Waals surface area contributed by atoms with Gasteiger partial charge in [-0.2, -0.15) is 0 Å². The van der Waals surface area contributed by atoms with E-state index in [2.05, 4.69) is 46.5 Å². The van der Waals surface area contributed by atoms with Gasteiger partial charge in [0.05, 0.1) is 0 Å². The average molecular weight is 191 g/mol. The van der Waals surface area contributed by atoms with Gasteiger partial charge in [-0.3, -0.25) is 10.9 Å². The van der Waals surface area contributed by atoms with Crippen LogP contribution >= 0.6 is 0 Å². The molecular formula is C11H17N3. The quantitative estimate of drug-likeness (QED) is 0.657. The molecule has 1 aromatic rings. The van der Waals surface area contributed by atoms with Crippen LogP contribution in [0.15, 0.2) is 30.3 Å². The molecule has 1 saturated heterocycles. The molecule has 1 aliphatic rings. The minimum absolute atomic E-state index is 0.443. The van der Waals surface area contributed by atoms with Crippen molar-refractivity contribution in [3.05, 3.63) is 35.9 Å². The minimum Gasteiger partial charge on any atom is -0.313 e. The van der Waals surface area contributed by atoms with Crippen molar-refractivity contribution in [3.8, 4) is 0 Å². The molecule has 0 aromatic heterocycles. The van der Waals surface area contributed by atoms with Crippen LogP contribution in [0.3, 0.4) is 0 Å². The van der Waals surface area contributed by atoms with Crippen LogP contribution in [0.2, 0.25) is 0 Å². The topological polar surface area (TPSA) is 36.1 Å². The second-order valence-corrected chi connectivity index (χ2v) is 3.70. The third-order valence-electron chi connectivity index (χ3n) is 2.79. The van der Waals surface area contributed by atoms with E-state index < -0.39 is 0 Å². The zero-order valence-electron chi connectivity index (χ0n) is 8.46. The van der Waals surface area contributed by atoms with E-state index >= 15 is 0 Å². The Hall–Kier alpha value is -0.900. The smallest absolute Gasteiger partial charge is 0.0371 e. The predicted octanol–water partition coefficient (Wildman–Crippen LogP) is 0.671. The molecule has 1 aliphatic heterocycles. The Bertz CT molecular complexity index is 267. The minimum atomic E-state index is 0.443. The number of rotatable bonds is 3. The fourth-order valence-corrected chi connectivity index (χ4v) is 2.05.